The highest BCUT2D eigenvalue weighted by molar-refractivity contribution is 9.10. The number of aromatic nitrogens is 2. The molecule has 104 valence electrons. The molecular weight excluding hydrogens is 334 g/mol. The molecular formula is C11H14BrN3O3S. The van der Waals surface area contributed by atoms with Gasteiger partial charge >= 0.3 is 0 Å². The Bertz CT molecular complexity index is 646. The lowest BCUT2D eigenvalue weighted by Gasteiger charge is -2.09. The van der Waals surface area contributed by atoms with Crippen LogP contribution in [0.5, 0.6) is 0 Å². The number of sulfone groups is 1. The molecule has 0 saturated heterocycles. The minimum absolute atomic E-state index is 0.00335. The van der Waals surface area contributed by atoms with Gasteiger partial charge in [0.1, 0.15) is 11.0 Å². The summed E-state index contributed by atoms with van der Waals surface area (Å²) in [5, 5.41) is 6.74. The van der Waals surface area contributed by atoms with Crippen molar-refractivity contribution in [2.24, 2.45) is 0 Å². The van der Waals surface area contributed by atoms with Crippen LogP contribution in [0.2, 0.25) is 0 Å². The average Bonchev–Trinajstić information content (AvgIpc) is 2.38. The van der Waals surface area contributed by atoms with E-state index >= 15 is 0 Å². The topological polar surface area (TPSA) is 81.1 Å². The predicted molar refractivity (Wildman–Crippen MR) is 77.8 cm³/mol. The molecule has 0 radical (unpaired) electrons. The van der Waals surface area contributed by atoms with Crippen LogP contribution in [0, 0.1) is 12.3 Å². The van der Waals surface area contributed by atoms with Gasteiger partial charge in [-0.05, 0) is 15.9 Å². The molecule has 0 atom stereocenters. The van der Waals surface area contributed by atoms with Crippen LogP contribution in [0.25, 0.3) is 0 Å². The maximum absolute atomic E-state index is 11.8. The van der Waals surface area contributed by atoms with Crippen molar-refractivity contribution in [1.82, 2.24) is 9.78 Å². The first-order valence-corrected chi connectivity index (χ1v) is 8.16. The fourth-order valence-corrected chi connectivity index (χ4v) is 2.42. The lowest BCUT2D eigenvalue weighted by molar-refractivity contribution is 0.597. The molecule has 0 saturated carbocycles. The van der Waals surface area contributed by atoms with Crippen molar-refractivity contribution in [2.45, 2.75) is 13.5 Å². The Hall–Kier alpha value is -1.33. The van der Waals surface area contributed by atoms with Crippen LogP contribution in [-0.2, 0) is 16.4 Å². The van der Waals surface area contributed by atoms with E-state index in [9.17, 15) is 13.2 Å². The van der Waals surface area contributed by atoms with E-state index in [1.807, 2.05) is 0 Å². The number of halogens is 1. The van der Waals surface area contributed by atoms with E-state index in [0.29, 0.717) is 5.69 Å². The lowest BCUT2D eigenvalue weighted by Crippen LogP contribution is -2.25. The zero-order valence-corrected chi connectivity index (χ0v) is 12.8. The molecule has 1 heterocycles. The van der Waals surface area contributed by atoms with Crippen molar-refractivity contribution in [3.63, 3.8) is 0 Å². The summed E-state index contributed by atoms with van der Waals surface area (Å²) in [6.07, 6.45) is 6.55. The Kier molecular flexibility index (Phi) is 5.57. The number of hydrogen-bond donors (Lipinski definition) is 1. The Morgan fingerprint density at radius 3 is 2.84 bits per heavy atom. The van der Waals surface area contributed by atoms with E-state index in [-0.39, 0.29) is 34.6 Å². The molecule has 1 aromatic rings. The molecule has 1 aromatic heterocycles. The zero-order chi connectivity index (χ0) is 14.5. The third-order valence-corrected chi connectivity index (χ3v) is 4.87. The second-order valence-electron chi connectivity index (χ2n) is 3.70. The molecule has 1 N–H and O–H groups in total. The summed E-state index contributed by atoms with van der Waals surface area (Å²) in [6, 6.07) is 0. The normalized spacial score (nSPS) is 11.0. The SMILES string of the molecule is C#CCn1ncc(NCCS(=O)(=O)CC)c(Br)c1=O. The van der Waals surface area contributed by atoms with Gasteiger partial charge in [0.05, 0.1) is 17.6 Å². The summed E-state index contributed by atoms with van der Waals surface area (Å²) in [5.41, 5.74) is 0.0888. The van der Waals surface area contributed by atoms with Crippen LogP contribution in [0.15, 0.2) is 15.5 Å². The highest BCUT2D eigenvalue weighted by Crippen LogP contribution is 2.15. The van der Waals surface area contributed by atoms with Gasteiger partial charge in [-0.3, -0.25) is 4.79 Å². The van der Waals surface area contributed by atoms with Gasteiger partial charge in [-0.15, -0.1) is 6.42 Å². The third-order valence-electron chi connectivity index (χ3n) is 2.39. The van der Waals surface area contributed by atoms with Crippen LogP contribution >= 0.6 is 15.9 Å². The van der Waals surface area contributed by atoms with Crippen molar-refractivity contribution < 1.29 is 8.42 Å². The molecule has 0 spiro atoms. The highest BCUT2D eigenvalue weighted by Gasteiger charge is 2.10. The van der Waals surface area contributed by atoms with Gasteiger partial charge in [0.15, 0.2) is 9.84 Å². The smallest absolute Gasteiger partial charge is 0.284 e. The van der Waals surface area contributed by atoms with Crippen LogP contribution in [0.4, 0.5) is 5.69 Å². The van der Waals surface area contributed by atoms with E-state index in [0.717, 1.165) is 4.68 Å². The molecule has 1 rings (SSSR count). The maximum atomic E-state index is 11.8. The molecule has 0 aliphatic rings. The second kappa shape index (κ2) is 6.73. The molecule has 0 unspecified atom stereocenters. The first kappa shape index (κ1) is 15.7. The van der Waals surface area contributed by atoms with E-state index in [4.69, 9.17) is 6.42 Å². The fourth-order valence-electron chi connectivity index (χ4n) is 1.27. The largest absolute Gasteiger partial charge is 0.382 e. The predicted octanol–water partition coefficient (Wildman–Crippen LogP) is 0.486. The number of rotatable bonds is 6. The molecule has 0 amide bonds. The summed E-state index contributed by atoms with van der Waals surface area (Å²) >= 11 is 3.14. The summed E-state index contributed by atoms with van der Waals surface area (Å²) in [5.74, 6) is 2.42. The number of nitrogens with zero attached hydrogens (tertiary/aromatic N) is 2. The zero-order valence-electron chi connectivity index (χ0n) is 10.4. The third kappa shape index (κ3) is 4.36. The van der Waals surface area contributed by atoms with Gasteiger partial charge in [-0.2, -0.15) is 5.10 Å². The molecule has 0 fully saturated rings. The molecule has 0 aromatic carbocycles. The quantitative estimate of drug-likeness (QED) is 0.757. The molecule has 0 bridgehead atoms. The Labute approximate surface area is 120 Å². The number of nitrogens with one attached hydrogen (secondary N) is 1. The van der Waals surface area contributed by atoms with Crippen LogP contribution in [-0.4, -0.2) is 36.2 Å². The van der Waals surface area contributed by atoms with Crippen molar-refractivity contribution in [1.29, 1.82) is 0 Å². The maximum Gasteiger partial charge on any atom is 0.284 e. The monoisotopic (exact) mass is 347 g/mol. The van der Waals surface area contributed by atoms with E-state index in [1.54, 1.807) is 6.92 Å². The Balaban J connectivity index is 2.79. The minimum atomic E-state index is -3.04. The number of anilines is 1. The standard InChI is InChI=1S/C11H14BrN3O3S/c1-3-6-15-11(16)10(12)9(8-14-15)13-5-7-19(17,18)4-2/h1,8,13H,4-7H2,2H3. The molecule has 19 heavy (non-hydrogen) atoms. The first-order valence-electron chi connectivity index (χ1n) is 5.54. The molecule has 0 aliphatic carbocycles. The lowest BCUT2D eigenvalue weighted by atomic mass is 10.4. The van der Waals surface area contributed by atoms with Crippen molar-refractivity contribution in [2.75, 3.05) is 23.4 Å². The van der Waals surface area contributed by atoms with E-state index < -0.39 is 9.84 Å². The van der Waals surface area contributed by atoms with E-state index in [1.165, 1.54) is 6.20 Å². The minimum Gasteiger partial charge on any atom is -0.382 e. The van der Waals surface area contributed by atoms with Crippen LogP contribution in [0.3, 0.4) is 0 Å². The summed E-state index contributed by atoms with van der Waals surface area (Å²) in [6.45, 7) is 1.89. The number of terminal acetylenes is 1. The van der Waals surface area contributed by atoms with Gasteiger partial charge in [-0.1, -0.05) is 12.8 Å². The summed E-state index contributed by atoms with van der Waals surface area (Å²) < 4.78 is 24.1. The molecule has 6 nitrogen and oxygen atoms in total. The van der Waals surface area contributed by atoms with Gasteiger partial charge < -0.3 is 5.32 Å². The molecule has 8 heteroatoms. The van der Waals surface area contributed by atoms with Gasteiger partial charge in [0.2, 0.25) is 0 Å². The van der Waals surface area contributed by atoms with Gasteiger partial charge in [0.25, 0.3) is 5.56 Å². The summed E-state index contributed by atoms with van der Waals surface area (Å²) in [4.78, 5) is 11.8. The summed E-state index contributed by atoms with van der Waals surface area (Å²) in [7, 11) is -3.04. The van der Waals surface area contributed by atoms with Gasteiger partial charge in [0, 0.05) is 12.3 Å². The molecule has 0 aliphatic heterocycles. The van der Waals surface area contributed by atoms with Crippen molar-refractivity contribution in [3.05, 3.63) is 21.0 Å². The number of hydrogen-bond acceptors (Lipinski definition) is 5. The van der Waals surface area contributed by atoms with Crippen molar-refractivity contribution in [3.8, 4) is 12.3 Å². The van der Waals surface area contributed by atoms with Crippen LogP contribution in [0.1, 0.15) is 6.92 Å². The first-order chi connectivity index (χ1) is 8.91. The van der Waals surface area contributed by atoms with E-state index in [2.05, 4.69) is 32.3 Å². The fraction of sp³-hybridized carbons (Fsp3) is 0.455. The average molecular weight is 348 g/mol. The highest BCUT2D eigenvalue weighted by atomic mass is 79.9. The van der Waals surface area contributed by atoms with Crippen molar-refractivity contribution >= 4 is 31.5 Å². The Morgan fingerprint density at radius 1 is 1.58 bits per heavy atom. The van der Waals surface area contributed by atoms with Crippen LogP contribution < -0.4 is 10.9 Å². The Morgan fingerprint density at radius 2 is 2.26 bits per heavy atom. The van der Waals surface area contributed by atoms with Gasteiger partial charge in [-0.25, -0.2) is 13.1 Å². The second-order valence-corrected chi connectivity index (χ2v) is 6.97.